The Morgan fingerprint density at radius 3 is 2.36 bits per heavy atom. The molecule has 1 unspecified atom stereocenters. The molecule has 1 aromatic carbocycles. The van der Waals surface area contributed by atoms with Crippen molar-refractivity contribution in [1.29, 1.82) is 0 Å². The zero-order chi connectivity index (χ0) is 20.6. The van der Waals surface area contributed by atoms with Crippen LogP contribution in [-0.4, -0.2) is 62.6 Å². The van der Waals surface area contributed by atoms with Crippen molar-refractivity contribution in [2.75, 3.05) is 26.7 Å². The number of aryl methyl sites for hydroxylation is 1. The van der Waals surface area contributed by atoms with Crippen molar-refractivity contribution in [3.8, 4) is 5.75 Å². The van der Waals surface area contributed by atoms with Crippen molar-refractivity contribution in [2.24, 2.45) is 0 Å². The minimum absolute atomic E-state index is 0.0373. The highest BCUT2D eigenvalue weighted by Gasteiger charge is 2.39. The van der Waals surface area contributed by atoms with Crippen LogP contribution in [0.5, 0.6) is 5.75 Å². The molecule has 2 aliphatic rings. The van der Waals surface area contributed by atoms with E-state index < -0.39 is 10.0 Å². The van der Waals surface area contributed by atoms with Crippen LogP contribution < -0.4 is 4.74 Å². The van der Waals surface area contributed by atoms with Gasteiger partial charge in [-0.1, -0.05) is 6.92 Å². The van der Waals surface area contributed by atoms with Gasteiger partial charge in [-0.15, -0.1) is 0 Å². The Balaban J connectivity index is 1.77. The maximum absolute atomic E-state index is 13.4. The van der Waals surface area contributed by atoms with Gasteiger partial charge < -0.3 is 14.4 Å². The Kier molecular flexibility index (Phi) is 5.91. The summed E-state index contributed by atoms with van der Waals surface area (Å²) in [4.78, 5) is 14.2. The average Bonchev–Trinajstić information content (AvgIpc) is 3.05. The molecule has 1 amide bonds. The summed E-state index contributed by atoms with van der Waals surface area (Å²) in [6.45, 7) is 8.91. The van der Waals surface area contributed by atoms with Crippen molar-refractivity contribution in [3.05, 3.63) is 22.8 Å². The Labute approximate surface area is 167 Å². The molecule has 2 heterocycles. The third-order valence-electron chi connectivity index (χ3n) is 6.02. The fraction of sp³-hybridized carbons (Fsp3) is 0.650. The summed E-state index contributed by atoms with van der Waals surface area (Å²) in [5.41, 5.74) is 2.26. The van der Waals surface area contributed by atoms with Gasteiger partial charge in [0.1, 0.15) is 11.9 Å². The molecule has 3 rings (SSSR count). The summed E-state index contributed by atoms with van der Waals surface area (Å²) >= 11 is 0. The molecule has 8 heteroatoms. The van der Waals surface area contributed by atoms with Crippen molar-refractivity contribution in [1.82, 2.24) is 9.21 Å². The SMILES string of the molecule is CCC1CN(C2CCN(S(=O)(=O)c3c(C)cc(OC)c(C)c3C)CC2)C(=O)O1. The molecular formula is C20H30N2O5S. The smallest absolute Gasteiger partial charge is 0.410 e. The van der Waals surface area contributed by atoms with Gasteiger partial charge in [0, 0.05) is 19.1 Å². The number of rotatable bonds is 5. The largest absolute Gasteiger partial charge is 0.496 e. The molecule has 156 valence electrons. The van der Waals surface area contributed by atoms with Crippen LogP contribution >= 0.6 is 0 Å². The molecule has 0 aliphatic carbocycles. The zero-order valence-corrected chi connectivity index (χ0v) is 18.1. The van der Waals surface area contributed by atoms with Crippen molar-refractivity contribution in [2.45, 2.75) is 64.0 Å². The maximum Gasteiger partial charge on any atom is 0.410 e. The van der Waals surface area contributed by atoms with Crippen LogP contribution in [-0.2, 0) is 14.8 Å². The molecule has 0 saturated carbocycles. The average molecular weight is 411 g/mol. The van der Waals surface area contributed by atoms with E-state index in [9.17, 15) is 13.2 Å². The number of carbonyl (C=O) groups is 1. The monoisotopic (exact) mass is 410 g/mol. The summed E-state index contributed by atoms with van der Waals surface area (Å²) in [7, 11) is -2.01. The fourth-order valence-electron chi connectivity index (χ4n) is 4.21. The maximum atomic E-state index is 13.4. The lowest BCUT2D eigenvalue weighted by Gasteiger charge is -2.35. The molecule has 1 aromatic rings. The summed E-state index contributed by atoms with van der Waals surface area (Å²) in [6, 6.07) is 1.82. The first kappa shape index (κ1) is 20.9. The van der Waals surface area contributed by atoms with Gasteiger partial charge in [-0.2, -0.15) is 4.31 Å². The number of benzene rings is 1. The van der Waals surface area contributed by atoms with Crippen LogP contribution in [0.4, 0.5) is 4.79 Å². The number of sulfonamides is 1. The van der Waals surface area contributed by atoms with Crippen molar-refractivity contribution >= 4 is 16.1 Å². The number of hydrogen-bond donors (Lipinski definition) is 0. The minimum atomic E-state index is -3.60. The zero-order valence-electron chi connectivity index (χ0n) is 17.3. The molecular weight excluding hydrogens is 380 g/mol. The van der Waals surface area contributed by atoms with E-state index in [0.29, 0.717) is 48.7 Å². The standard InChI is InChI=1S/C20H30N2O5S/c1-6-17-12-22(20(23)27-17)16-7-9-21(10-8-16)28(24,25)19-13(2)11-18(26-5)14(3)15(19)4/h11,16-17H,6-10,12H2,1-5H3. The number of nitrogens with zero attached hydrogens (tertiary/aromatic N) is 2. The number of carbonyl (C=O) groups excluding carboxylic acids is 1. The van der Waals surface area contributed by atoms with Gasteiger partial charge in [0.15, 0.2) is 0 Å². The Morgan fingerprint density at radius 2 is 1.82 bits per heavy atom. The second-order valence-electron chi connectivity index (χ2n) is 7.68. The topological polar surface area (TPSA) is 76.2 Å². The minimum Gasteiger partial charge on any atom is -0.496 e. The van der Waals surface area contributed by atoms with E-state index in [1.54, 1.807) is 29.3 Å². The first-order valence-electron chi connectivity index (χ1n) is 9.82. The lowest BCUT2D eigenvalue weighted by atomic mass is 10.0. The van der Waals surface area contributed by atoms with E-state index in [2.05, 4.69) is 0 Å². The number of amides is 1. The van der Waals surface area contributed by atoms with Gasteiger partial charge >= 0.3 is 6.09 Å². The number of piperidine rings is 1. The number of cyclic esters (lactones) is 1. The molecule has 0 bridgehead atoms. The number of hydrogen-bond acceptors (Lipinski definition) is 5. The van der Waals surface area contributed by atoms with Crippen molar-refractivity contribution in [3.63, 3.8) is 0 Å². The fourth-order valence-corrected chi connectivity index (χ4v) is 6.16. The molecule has 2 saturated heterocycles. The summed E-state index contributed by atoms with van der Waals surface area (Å²) in [5, 5.41) is 0. The van der Waals surface area contributed by atoms with Crippen LogP contribution in [0.25, 0.3) is 0 Å². The van der Waals surface area contributed by atoms with E-state index in [4.69, 9.17) is 9.47 Å². The summed E-state index contributed by atoms with van der Waals surface area (Å²) < 4.78 is 39.0. The highest BCUT2D eigenvalue weighted by molar-refractivity contribution is 7.89. The highest BCUT2D eigenvalue weighted by Crippen LogP contribution is 2.34. The van der Waals surface area contributed by atoms with Gasteiger partial charge in [0.2, 0.25) is 10.0 Å². The van der Waals surface area contributed by atoms with Gasteiger partial charge in [0.05, 0.1) is 18.6 Å². The molecule has 0 radical (unpaired) electrons. The van der Waals surface area contributed by atoms with E-state index >= 15 is 0 Å². The predicted molar refractivity (Wildman–Crippen MR) is 106 cm³/mol. The lowest BCUT2D eigenvalue weighted by Crippen LogP contribution is -2.47. The lowest BCUT2D eigenvalue weighted by molar-refractivity contribution is 0.120. The summed E-state index contributed by atoms with van der Waals surface area (Å²) in [6.07, 6.45) is 1.72. The number of methoxy groups -OCH3 is 1. The van der Waals surface area contributed by atoms with Crippen LogP contribution in [0, 0.1) is 20.8 Å². The Bertz CT molecular complexity index is 860. The molecule has 0 spiro atoms. The normalized spacial score (nSPS) is 21.8. The van der Waals surface area contributed by atoms with Crippen LogP contribution in [0.3, 0.4) is 0 Å². The summed E-state index contributed by atoms with van der Waals surface area (Å²) in [5.74, 6) is 0.700. The highest BCUT2D eigenvalue weighted by atomic mass is 32.2. The molecule has 1 atom stereocenters. The Hall–Kier alpha value is -1.80. The number of ether oxygens (including phenoxy) is 2. The second-order valence-corrected chi connectivity index (χ2v) is 9.55. The first-order chi connectivity index (χ1) is 13.2. The van der Waals surface area contributed by atoms with Gasteiger partial charge in [-0.05, 0) is 62.8 Å². The second kappa shape index (κ2) is 7.91. The molecule has 0 aromatic heterocycles. The molecule has 7 nitrogen and oxygen atoms in total. The van der Waals surface area contributed by atoms with E-state index in [1.807, 2.05) is 20.8 Å². The molecule has 2 aliphatic heterocycles. The predicted octanol–water partition coefficient (Wildman–Crippen LogP) is 3.00. The van der Waals surface area contributed by atoms with Gasteiger partial charge in [-0.3, -0.25) is 0 Å². The van der Waals surface area contributed by atoms with Gasteiger partial charge in [0.25, 0.3) is 0 Å². The van der Waals surface area contributed by atoms with Gasteiger partial charge in [-0.25, -0.2) is 13.2 Å². The van der Waals surface area contributed by atoms with Crippen molar-refractivity contribution < 1.29 is 22.7 Å². The van der Waals surface area contributed by atoms with E-state index in [-0.39, 0.29) is 18.2 Å². The molecule has 0 N–H and O–H groups in total. The van der Waals surface area contributed by atoms with E-state index in [0.717, 1.165) is 17.5 Å². The quantitative estimate of drug-likeness (QED) is 0.746. The third kappa shape index (κ3) is 3.59. The van der Waals surface area contributed by atoms with Crippen LogP contribution in [0.1, 0.15) is 42.9 Å². The Morgan fingerprint density at radius 1 is 1.18 bits per heavy atom. The van der Waals surface area contributed by atoms with E-state index in [1.165, 1.54) is 0 Å². The first-order valence-corrected chi connectivity index (χ1v) is 11.3. The third-order valence-corrected chi connectivity index (χ3v) is 8.21. The van der Waals surface area contributed by atoms with Crippen LogP contribution in [0.15, 0.2) is 11.0 Å². The molecule has 28 heavy (non-hydrogen) atoms. The molecule has 2 fully saturated rings. The van der Waals surface area contributed by atoms with Crippen LogP contribution in [0.2, 0.25) is 0 Å².